The van der Waals surface area contributed by atoms with E-state index in [1.165, 1.54) is 0 Å². The standard InChI is InChI=1S/C15H25N3OS/c1-15(19,12-20-2)11-17-13-6-9-18(10-7-13)14-5-3-4-8-16-14/h3-5,8,13,17,19H,6-7,9-12H2,1-2H3. The van der Waals surface area contributed by atoms with Crippen LogP contribution in [-0.2, 0) is 0 Å². The van der Waals surface area contributed by atoms with E-state index < -0.39 is 5.60 Å². The molecule has 1 atom stereocenters. The van der Waals surface area contributed by atoms with Crippen LogP contribution in [0.5, 0.6) is 0 Å². The Morgan fingerprint density at radius 2 is 2.20 bits per heavy atom. The van der Waals surface area contributed by atoms with Gasteiger partial charge in [-0.2, -0.15) is 11.8 Å². The van der Waals surface area contributed by atoms with Gasteiger partial charge in [-0.15, -0.1) is 0 Å². The third-order valence-corrected chi connectivity index (χ3v) is 4.61. The highest BCUT2D eigenvalue weighted by atomic mass is 32.2. The number of rotatable bonds is 6. The number of nitrogens with one attached hydrogen (secondary N) is 1. The largest absolute Gasteiger partial charge is 0.388 e. The molecule has 0 bridgehead atoms. The first-order chi connectivity index (χ1) is 9.61. The Labute approximate surface area is 126 Å². The lowest BCUT2D eigenvalue weighted by Gasteiger charge is -2.34. The number of aromatic nitrogens is 1. The van der Waals surface area contributed by atoms with Gasteiger partial charge in [-0.05, 0) is 38.2 Å². The summed E-state index contributed by atoms with van der Waals surface area (Å²) in [6.45, 7) is 4.63. The van der Waals surface area contributed by atoms with Crippen molar-refractivity contribution in [3.05, 3.63) is 24.4 Å². The molecule has 112 valence electrons. The Kier molecular flexibility index (Phi) is 5.69. The summed E-state index contributed by atoms with van der Waals surface area (Å²) in [5, 5.41) is 13.7. The molecule has 1 aliphatic rings. The van der Waals surface area contributed by atoms with Crippen LogP contribution in [0.15, 0.2) is 24.4 Å². The molecule has 1 aromatic heterocycles. The Morgan fingerprint density at radius 3 is 2.80 bits per heavy atom. The molecule has 1 fully saturated rings. The number of nitrogens with zero attached hydrogens (tertiary/aromatic N) is 2. The molecule has 2 rings (SSSR count). The van der Waals surface area contributed by atoms with Crippen molar-refractivity contribution >= 4 is 17.6 Å². The molecular weight excluding hydrogens is 270 g/mol. The van der Waals surface area contributed by atoms with Crippen LogP contribution in [0, 0.1) is 0 Å². The molecule has 1 aliphatic heterocycles. The summed E-state index contributed by atoms with van der Waals surface area (Å²) in [5.74, 6) is 1.84. The maximum atomic E-state index is 10.2. The summed E-state index contributed by atoms with van der Waals surface area (Å²) in [6.07, 6.45) is 6.08. The number of piperidine rings is 1. The minimum Gasteiger partial charge on any atom is -0.388 e. The number of aliphatic hydroxyl groups is 1. The lowest BCUT2D eigenvalue weighted by atomic mass is 10.0. The van der Waals surface area contributed by atoms with Crippen molar-refractivity contribution in [3.8, 4) is 0 Å². The first-order valence-corrected chi connectivity index (χ1v) is 8.61. The summed E-state index contributed by atoms with van der Waals surface area (Å²) >= 11 is 1.69. The fourth-order valence-electron chi connectivity index (χ4n) is 2.58. The Morgan fingerprint density at radius 1 is 1.45 bits per heavy atom. The molecule has 0 spiro atoms. The van der Waals surface area contributed by atoms with Gasteiger partial charge < -0.3 is 15.3 Å². The second kappa shape index (κ2) is 7.29. The van der Waals surface area contributed by atoms with Gasteiger partial charge in [-0.25, -0.2) is 4.98 Å². The molecule has 20 heavy (non-hydrogen) atoms. The van der Waals surface area contributed by atoms with Crippen molar-refractivity contribution in [1.82, 2.24) is 10.3 Å². The second-order valence-electron chi connectivity index (χ2n) is 5.76. The van der Waals surface area contributed by atoms with E-state index in [1.807, 2.05) is 31.5 Å². The molecule has 0 aliphatic carbocycles. The van der Waals surface area contributed by atoms with Gasteiger partial charge in [0.1, 0.15) is 5.82 Å². The van der Waals surface area contributed by atoms with Crippen molar-refractivity contribution in [3.63, 3.8) is 0 Å². The zero-order chi connectivity index (χ0) is 14.4. The van der Waals surface area contributed by atoms with Crippen molar-refractivity contribution in [1.29, 1.82) is 0 Å². The van der Waals surface area contributed by atoms with Gasteiger partial charge in [0.25, 0.3) is 0 Å². The molecule has 5 heteroatoms. The predicted molar refractivity (Wildman–Crippen MR) is 86.5 cm³/mol. The average Bonchev–Trinajstić information content (AvgIpc) is 2.47. The zero-order valence-electron chi connectivity index (χ0n) is 12.4. The summed E-state index contributed by atoms with van der Waals surface area (Å²) in [7, 11) is 0. The third kappa shape index (κ3) is 4.65. The average molecular weight is 295 g/mol. The van der Waals surface area contributed by atoms with Crippen LogP contribution >= 0.6 is 11.8 Å². The molecule has 0 aromatic carbocycles. The minimum atomic E-state index is -0.614. The molecule has 4 nitrogen and oxygen atoms in total. The van der Waals surface area contributed by atoms with Crippen LogP contribution in [0.2, 0.25) is 0 Å². The zero-order valence-corrected chi connectivity index (χ0v) is 13.2. The molecule has 2 N–H and O–H groups in total. The lowest BCUT2D eigenvalue weighted by Crippen LogP contribution is -2.48. The molecule has 1 unspecified atom stereocenters. The van der Waals surface area contributed by atoms with E-state index in [9.17, 15) is 5.11 Å². The van der Waals surface area contributed by atoms with Gasteiger partial charge >= 0.3 is 0 Å². The van der Waals surface area contributed by atoms with E-state index in [-0.39, 0.29) is 0 Å². The maximum absolute atomic E-state index is 10.2. The van der Waals surface area contributed by atoms with Crippen LogP contribution in [0.25, 0.3) is 0 Å². The van der Waals surface area contributed by atoms with Crippen molar-refractivity contribution in [2.24, 2.45) is 0 Å². The highest BCUT2D eigenvalue weighted by Crippen LogP contribution is 2.18. The molecular formula is C15H25N3OS. The number of hydrogen-bond donors (Lipinski definition) is 2. The molecule has 0 amide bonds. The summed E-state index contributed by atoms with van der Waals surface area (Å²) in [4.78, 5) is 6.73. The molecule has 1 saturated heterocycles. The Bertz CT molecular complexity index is 391. The normalized spacial score (nSPS) is 19.9. The SMILES string of the molecule is CSCC(C)(O)CNC1CCN(c2ccccn2)CC1. The van der Waals surface area contributed by atoms with Gasteiger partial charge in [0.05, 0.1) is 5.60 Å². The van der Waals surface area contributed by atoms with E-state index in [0.717, 1.165) is 37.5 Å². The monoisotopic (exact) mass is 295 g/mol. The van der Waals surface area contributed by atoms with E-state index in [1.54, 1.807) is 11.8 Å². The van der Waals surface area contributed by atoms with Gasteiger partial charge in [0, 0.05) is 37.6 Å². The highest BCUT2D eigenvalue weighted by molar-refractivity contribution is 7.98. The van der Waals surface area contributed by atoms with Crippen LogP contribution in [0.4, 0.5) is 5.82 Å². The molecule has 1 aromatic rings. The lowest BCUT2D eigenvalue weighted by molar-refractivity contribution is 0.0802. The number of anilines is 1. The highest BCUT2D eigenvalue weighted by Gasteiger charge is 2.24. The number of pyridine rings is 1. The third-order valence-electron chi connectivity index (χ3n) is 3.70. The first kappa shape index (κ1) is 15.6. The van der Waals surface area contributed by atoms with E-state index in [0.29, 0.717) is 12.6 Å². The number of thioether (sulfide) groups is 1. The van der Waals surface area contributed by atoms with Crippen LogP contribution < -0.4 is 10.2 Å². The van der Waals surface area contributed by atoms with Crippen LogP contribution in [-0.4, -0.2) is 53.4 Å². The van der Waals surface area contributed by atoms with Crippen molar-refractivity contribution in [2.45, 2.75) is 31.4 Å². The number of hydrogen-bond acceptors (Lipinski definition) is 5. The fourth-order valence-corrected chi connectivity index (χ4v) is 3.30. The van der Waals surface area contributed by atoms with Gasteiger partial charge in [-0.3, -0.25) is 0 Å². The predicted octanol–water partition coefficient (Wildman–Crippen LogP) is 1.75. The smallest absolute Gasteiger partial charge is 0.128 e. The second-order valence-corrected chi connectivity index (χ2v) is 6.63. The fraction of sp³-hybridized carbons (Fsp3) is 0.667. The van der Waals surface area contributed by atoms with Gasteiger partial charge in [0.15, 0.2) is 0 Å². The summed E-state index contributed by atoms with van der Waals surface area (Å²) in [6, 6.07) is 6.55. The van der Waals surface area contributed by atoms with Crippen molar-refractivity contribution < 1.29 is 5.11 Å². The van der Waals surface area contributed by atoms with Crippen molar-refractivity contribution in [2.75, 3.05) is 36.5 Å². The maximum Gasteiger partial charge on any atom is 0.128 e. The molecule has 2 heterocycles. The van der Waals surface area contributed by atoms with Crippen LogP contribution in [0.3, 0.4) is 0 Å². The Balaban J connectivity index is 1.75. The topological polar surface area (TPSA) is 48.4 Å². The quantitative estimate of drug-likeness (QED) is 0.837. The minimum absolute atomic E-state index is 0.503. The van der Waals surface area contributed by atoms with Gasteiger partial charge in [-0.1, -0.05) is 6.07 Å². The van der Waals surface area contributed by atoms with Gasteiger partial charge in [0.2, 0.25) is 0 Å². The van der Waals surface area contributed by atoms with Crippen LogP contribution in [0.1, 0.15) is 19.8 Å². The molecule has 0 radical (unpaired) electrons. The summed E-state index contributed by atoms with van der Waals surface area (Å²) < 4.78 is 0. The Hall–Kier alpha value is -0.780. The van der Waals surface area contributed by atoms with E-state index in [4.69, 9.17) is 0 Å². The summed E-state index contributed by atoms with van der Waals surface area (Å²) in [5.41, 5.74) is -0.614. The first-order valence-electron chi connectivity index (χ1n) is 7.21. The molecule has 0 saturated carbocycles. The van der Waals surface area contributed by atoms with E-state index in [2.05, 4.69) is 21.3 Å². The van der Waals surface area contributed by atoms with E-state index >= 15 is 0 Å².